The maximum absolute atomic E-state index is 12.5. The van der Waals surface area contributed by atoms with Gasteiger partial charge in [0.1, 0.15) is 12.4 Å². The molecule has 6 nitrogen and oxygen atoms in total. The summed E-state index contributed by atoms with van der Waals surface area (Å²) < 4.78 is 5.81. The van der Waals surface area contributed by atoms with Gasteiger partial charge in [-0.1, -0.05) is 59.6 Å². The molecule has 168 valence electrons. The summed E-state index contributed by atoms with van der Waals surface area (Å²) in [5, 5.41) is 5.13. The topological polar surface area (TPSA) is 71.0 Å². The zero-order valence-corrected chi connectivity index (χ0v) is 19.1. The van der Waals surface area contributed by atoms with Gasteiger partial charge in [0.05, 0.1) is 12.1 Å². The van der Waals surface area contributed by atoms with Crippen molar-refractivity contribution < 1.29 is 14.3 Å². The molecule has 0 saturated carbocycles. The number of rotatable bonds is 7. The van der Waals surface area contributed by atoms with E-state index in [1.165, 1.54) is 6.21 Å². The smallest absolute Gasteiger partial charge is 0.245 e. The molecule has 0 aliphatic carbocycles. The number of hydrogen-bond acceptors (Lipinski definition) is 4. The first-order valence-electron chi connectivity index (χ1n) is 10.4. The number of nitrogens with one attached hydrogen (secondary N) is 1. The molecule has 1 atom stereocenters. The van der Waals surface area contributed by atoms with E-state index in [9.17, 15) is 9.59 Å². The van der Waals surface area contributed by atoms with Crippen LogP contribution in [-0.4, -0.2) is 24.6 Å². The second kappa shape index (κ2) is 10.5. The lowest BCUT2D eigenvalue weighted by Gasteiger charge is -2.16. The van der Waals surface area contributed by atoms with Crippen LogP contribution < -0.4 is 15.1 Å². The van der Waals surface area contributed by atoms with Gasteiger partial charge in [-0.15, -0.1) is 0 Å². The Morgan fingerprint density at radius 3 is 2.55 bits per heavy atom. The van der Waals surface area contributed by atoms with Crippen molar-refractivity contribution >= 4 is 46.9 Å². The summed E-state index contributed by atoms with van der Waals surface area (Å²) in [5.41, 5.74) is 4.77. The molecular formula is C25H21Cl2N3O3. The Morgan fingerprint density at radius 2 is 1.79 bits per heavy atom. The van der Waals surface area contributed by atoms with Crippen molar-refractivity contribution in [2.45, 2.75) is 13.0 Å². The van der Waals surface area contributed by atoms with Gasteiger partial charge in [0, 0.05) is 34.3 Å². The lowest BCUT2D eigenvalue weighted by atomic mass is 10.1. The molecule has 4 rings (SSSR count). The average molecular weight is 482 g/mol. The first kappa shape index (κ1) is 22.8. The predicted octanol–water partition coefficient (Wildman–Crippen LogP) is 5.08. The van der Waals surface area contributed by atoms with Crippen molar-refractivity contribution in [2.24, 2.45) is 11.0 Å². The number of hydrogen-bond donors (Lipinski definition) is 1. The van der Waals surface area contributed by atoms with Gasteiger partial charge in [-0.25, -0.2) is 5.43 Å². The van der Waals surface area contributed by atoms with E-state index in [1.54, 1.807) is 29.2 Å². The number of ether oxygens (including phenoxy) is 1. The number of nitrogens with zero attached hydrogens (tertiary/aromatic N) is 2. The lowest BCUT2D eigenvalue weighted by Crippen LogP contribution is -2.30. The maximum atomic E-state index is 12.5. The summed E-state index contributed by atoms with van der Waals surface area (Å²) in [7, 11) is 0. The molecule has 2 amide bonds. The van der Waals surface area contributed by atoms with Crippen LogP contribution in [0.5, 0.6) is 5.75 Å². The van der Waals surface area contributed by atoms with Crippen LogP contribution in [-0.2, 0) is 16.2 Å². The van der Waals surface area contributed by atoms with Crippen LogP contribution >= 0.6 is 23.2 Å². The molecule has 1 heterocycles. The van der Waals surface area contributed by atoms with E-state index in [0.717, 1.165) is 11.3 Å². The molecule has 0 unspecified atom stereocenters. The molecular weight excluding hydrogens is 461 g/mol. The van der Waals surface area contributed by atoms with E-state index < -0.39 is 5.92 Å². The van der Waals surface area contributed by atoms with Crippen LogP contribution in [0.4, 0.5) is 5.69 Å². The van der Waals surface area contributed by atoms with Crippen molar-refractivity contribution in [1.29, 1.82) is 0 Å². The number of para-hydroxylation sites is 1. The van der Waals surface area contributed by atoms with E-state index in [1.807, 2.05) is 48.5 Å². The lowest BCUT2D eigenvalue weighted by molar-refractivity contribution is -0.126. The number of benzene rings is 3. The minimum atomic E-state index is -0.454. The molecule has 1 fully saturated rings. The van der Waals surface area contributed by atoms with Gasteiger partial charge in [-0.2, -0.15) is 5.10 Å². The van der Waals surface area contributed by atoms with Crippen molar-refractivity contribution in [2.75, 3.05) is 11.4 Å². The summed E-state index contributed by atoms with van der Waals surface area (Å²) in [5.74, 6) is -0.210. The number of anilines is 1. The molecule has 1 N–H and O–H groups in total. The van der Waals surface area contributed by atoms with Crippen molar-refractivity contribution in [3.05, 3.63) is 94.0 Å². The normalized spacial score (nSPS) is 15.8. The van der Waals surface area contributed by atoms with Crippen molar-refractivity contribution in [1.82, 2.24) is 5.43 Å². The fourth-order valence-electron chi connectivity index (χ4n) is 3.51. The third-order valence-corrected chi connectivity index (χ3v) is 5.96. The Balaban J connectivity index is 1.32. The second-order valence-electron chi connectivity index (χ2n) is 7.54. The number of carbonyl (C=O) groups is 2. The highest BCUT2D eigenvalue weighted by Gasteiger charge is 2.35. The molecule has 8 heteroatoms. The van der Waals surface area contributed by atoms with E-state index in [2.05, 4.69) is 10.5 Å². The standard InChI is InChI=1S/C25H21Cl2N3O3/c26-22-10-5-11-23(27)21(22)16-33-20-9-4-6-17(12-20)14-28-29-25(32)18-13-24(31)30(15-18)19-7-2-1-3-8-19/h1-12,14,18H,13,15-16H2,(H,29,32)/b28-14-/t18-/m1/s1. The SMILES string of the molecule is O=C(N/N=C\c1cccc(OCc2c(Cl)cccc2Cl)c1)[C@@H]1CC(=O)N(c2ccccc2)C1. The highest BCUT2D eigenvalue weighted by molar-refractivity contribution is 6.35. The highest BCUT2D eigenvalue weighted by Crippen LogP contribution is 2.26. The van der Waals surface area contributed by atoms with Gasteiger partial charge in [0.15, 0.2) is 0 Å². The largest absolute Gasteiger partial charge is 0.489 e. The number of amides is 2. The average Bonchev–Trinajstić information content (AvgIpc) is 3.21. The van der Waals surface area contributed by atoms with Gasteiger partial charge < -0.3 is 9.64 Å². The first-order chi connectivity index (χ1) is 16.0. The van der Waals surface area contributed by atoms with Crippen LogP contribution in [0.3, 0.4) is 0 Å². The van der Waals surface area contributed by atoms with Gasteiger partial charge in [-0.05, 0) is 42.0 Å². The first-order valence-corrected chi connectivity index (χ1v) is 11.1. The highest BCUT2D eigenvalue weighted by atomic mass is 35.5. The molecule has 1 aliphatic heterocycles. The molecule has 1 aliphatic rings. The van der Waals surface area contributed by atoms with E-state index in [0.29, 0.717) is 27.9 Å². The Kier molecular flexibility index (Phi) is 7.27. The number of halogens is 2. The summed E-state index contributed by atoms with van der Waals surface area (Å²) in [6, 6.07) is 21.9. The van der Waals surface area contributed by atoms with Gasteiger partial charge >= 0.3 is 0 Å². The Morgan fingerprint density at radius 1 is 1.06 bits per heavy atom. The van der Waals surface area contributed by atoms with E-state index in [4.69, 9.17) is 27.9 Å². The summed E-state index contributed by atoms with van der Waals surface area (Å²) in [6.45, 7) is 0.557. The monoisotopic (exact) mass is 481 g/mol. The fourth-order valence-corrected chi connectivity index (χ4v) is 4.02. The molecule has 0 radical (unpaired) electrons. The van der Waals surface area contributed by atoms with Crippen LogP contribution in [0.15, 0.2) is 77.9 Å². The van der Waals surface area contributed by atoms with E-state index >= 15 is 0 Å². The molecule has 0 bridgehead atoms. The molecule has 0 aromatic heterocycles. The molecule has 33 heavy (non-hydrogen) atoms. The Bertz CT molecular complexity index is 1160. The summed E-state index contributed by atoms with van der Waals surface area (Å²) in [6.07, 6.45) is 1.68. The minimum absolute atomic E-state index is 0.0752. The fraction of sp³-hybridized carbons (Fsp3) is 0.160. The summed E-state index contributed by atoms with van der Waals surface area (Å²) >= 11 is 12.4. The predicted molar refractivity (Wildman–Crippen MR) is 130 cm³/mol. The van der Waals surface area contributed by atoms with Crippen LogP contribution in [0, 0.1) is 5.92 Å². The van der Waals surface area contributed by atoms with Crippen LogP contribution in [0.1, 0.15) is 17.5 Å². The molecule has 3 aromatic rings. The minimum Gasteiger partial charge on any atom is -0.489 e. The molecule has 1 saturated heterocycles. The third-order valence-electron chi connectivity index (χ3n) is 5.26. The quantitative estimate of drug-likeness (QED) is 0.378. The van der Waals surface area contributed by atoms with Crippen molar-refractivity contribution in [3.63, 3.8) is 0 Å². The van der Waals surface area contributed by atoms with Gasteiger partial charge in [0.2, 0.25) is 11.8 Å². The van der Waals surface area contributed by atoms with Crippen molar-refractivity contribution in [3.8, 4) is 5.75 Å². The Hall–Kier alpha value is -3.35. The van der Waals surface area contributed by atoms with Gasteiger partial charge in [0.25, 0.3) is 0 Å². The van der Waals surface area contributed by atoms with Crippen LogP contribution in [0.2, 0.25) is 10.0 Å². The van der Waals surface area contributed by atoms with E-state index in [-0.39, 0.29) is 24.8 Å². The third kappa shape index (κ3) is 5.72. The zero-order valence-electron chi connectivity index (χ0n) is 17.6. The number of hydrazone groups is 1. The second-order valence-corrected chi connectivity index (χ2v) is 8.35. The van der Waals surface area contributed by atoms with Gasteiger partial charge in [-0.3, -0.25) is 9.59 Å². The molecule has 0 spiro atoms. The van der Waals surface area contributed by atoms with Crippen LogP contribution in [0.25, 0.3) is 0 Å². The maximum Gasteiger partial charge on any atom is 0.245 e. The molecule has 3 aromatic carbocycles. The zero-order chi connectivity index (χ0) is 23.2. The summed E-state index contributed by atoms with van der Waals surface area (Å²) in [4.78, 5) is 26.4. The number of carbonyl (C=O) groups excluding carboxylic acids is 2. The Labute approximate surface area is 201 Å².